The molecule has 3 aliphatic heterocycles. The van der Waals surface area contributed by atoms with Gasteiger partial charge in [0.15, 0.2) is 5.65 Å². The van der Waals surface area contributed by atoms with Crippen LogP contribution in [0.4, 0.5) is 4.39 Å². The first-order valence-corrected chi connectivity index (χ1v) is 12.1. The Balaban J connectivity index is 1.30. The minimum absolute atomic E-state index is 0.0395. The fraction of sp³-hybridized carbons (Fsp3) is 0.480. The van der Waals surface area contributed by atoms with Crippen molar-refractivity contribution in [3.8, 4) is 5.75 Å². The molecule has 0 spiro atoms. The molecule has 0 radical (unpaired) electrons. The summed E-state index contributed by atoms with van der Waals surface area (Å²) in [6.07, 6.45) is 0.879. The maximum atomic E-state index is 14.3. The molecule has 184 valence electrons. The standard InChI is InChI=1S/C25H27ClFN5O3/c1-12-21(26)13(2)32-23(28-12)16-10-31(11-17(16)29-32)24(33)15-7-6-14(27)8-18(15)35-25(3)20-9-19(34-5)22(25)30(20)4/h6-8,19-20,22H,9-11H2,1-5H3/t19?,20?,22?,25-/m1/s1. The second-order valence-electron chi connectivity index (χ2n) is 9.98. The Hall–Kier alpha value is -2.75. The quantitative estimate of drug-likeness (QED) is 0.547. The summed E-state index contributed by atoms with van der Waals surface area (Å²) in [5, 5.41) is 5.24. The van der Waals surface area contributed by atoms with Crippen LogP contribution in [0, 0.1) is 19.7 Å². The van der Waals surface area contributed by atoms with E-state index < -0.39 is 11.4 Å². The van der Waals surface area contributed by atoms with Gasteiger partial charge in [0.05, 0.1) is 58.9 Å². The number of likely N-dealkylation sites (N-methyl/N-ethyl adjacent to an activating group) is 1. The molecule has 2 aromatic heterocycles. The number of amides is 1. The molecule has 8 nitrogen and oxygen atoms in total. The molecule has 1 aromatic carbocycles. The third-order valence-electron chi connectivity index (χ3n) is 8.04. The number of methoxy groups -OCH3 is 1. The van der Waals surface area contributed by atoms with Crippen LogP contribution in [0.15, 0.2) is 18.2 Å². The Kier molecular flexibility index (Phi) is 4.94. The molecule has 1 saturated carbocycles. The van der Waals surface area contributed by atoms with Crippen LogP contribution < -0.4 is 4.74 Å². The summed E-state index contributed by atoms with van der Waals surface area (Å²) in [6, 6.07) is 4.28. The molecule has 3 fully saturated rings. The number of hydrogen-bond acceptors (Lipinski definition) is 6. The molecular formula is C25H27ClFN5O3. The van der Waals surface area contributed by atoms with Gasteiger partial charge in [-0.1, -0.05) is 11.6 Å². The first-order chi connectivity index (χ1) is 16.6. The molecule has 0 N–H and O–H groups in total. The molecule has 2 saturated heterocycles. The highest BCUT2D eigenvalue weighted by Crippen LogP contribution is 2.51. The first kappa shape index (κ1) is 22.7. The molecule has 1 aliphatic carbocycles. The maximum absolute atomic E-state index is 14.3. The van der Waals surface area contributed by atoms with E-state index in [4.69, 9.17) is 21.1 Å². The van der Waals surface area contributed by atoms with Gasteiger partial charge >= 0.3 is 0 Å². The summed E-state index contributed by atoms with van der Waals surface area (Å²) in [4.78, 5) is 22.2. The molecule has 3 unspecified atom stereocenters. The van der Waals surface area contributed by atoms with E-state index >= 15 is 0 Å². The van der Waals surface area contributed by atoms with Crippen molar-refractivity contribution in [2.75, 3.05) is 14.2 Å². The summed E-state index contributed by atoms with van der Waals surface area (Å²) < 4.78 is 28.1. The normalized spacial score (nSPS) is 27.4. The summed E-state index contributed by atoms with van der Waals surface area (Å²) in [5.74, 6) is -0.420. The summed E-state index contributed by atoms with van der Waals surface area (Å²) in [7, 11) is 3.74. The van der Waals surface area contributed by atoms with Gasteiger partial charge in [0.25, 0.3) is 5.91 Å². The number of halogens is 2. The average Bonchev–Trinajstić information content (AvgIpc) is 3.55. The van der Waals surface area contributed by atoms with Gasteiger partial charge < -0.3 is 14.4 Å². The highest BCUT2D eigenvalue weighted by molar-refractivity contribution is 6.31. The number of benzene rings is 1. The van der Waals surface area contributed by atoms with Gasteiger partial charge in [0.1, 0.15) is 17.2 Å². The third kappa shape index (κ3) is 3.07. The number of carbonyl (C=O) groups excluding carboxylic acids is 1. The van der Waals surface area contributed by atoms with Gasteiger partial charge in [-0.2, -0.15) is 5.10 Å². The highest BCUT2D eigenvalue weighted by Gasteiger charge is 2.68. The van der Waals surface area contributed by atoms with E-state index in [-0.39, 0.29) is 29.8 Å². The molecule has 1 amide bonds. The Bertz CT molecular complexity index is 1390. The number of ether oxygens (including phenoxy) is 2. The third-order valence-corrected chi connectivity index (χ3v) is 8.58. The molecule has 7 rings (SSSR count). The largest absolute Gasteiger partial charge is 0.483 e. The number of rotatable bonds is 4. The van der Waals surface area contributed by atoms with Crippen molar-refractivity contribution in [3.05, 3.63) is 57.2 Å². The van der Waals surface area contributed by atoms with E-state index in [9.17, 15) is 9.18 Å². The fourth-order valence-corrected chi connectivity index (χ4v) is 6.40. The zero-order valence-electron chi connectivity index (χ0n) is 20.3. The fourth-order valence-electron chi connectivity index (χ4n) is 6.27. The van der Waals surface area contributed by atoms with Gasteiger partial charge in [-0.15, -0.1) is 0 Å². The van der Waals surface area contributed by atoms with Crippen LogP contribution in [0.25, 0.3) is 5.65 Å². The number of hydrogen-bond donors (Lipinski definition) is 0. The summed E-state index contributed by atoms with van der Waals surface area (Å²) in [5.41, 5.74) is 3.71. The number of carbonyl (C=O) groups is 1. The Morgan fingerprint density at radius 2 is 2.06 bits per heavy atom. The minimum Gasteiger partial charge on any atom is -0.483 e. The van der Waals surface area contributed by atoms with Crippen molar-refractivity contribution in [1.82, 2.24) is 24.4 Å². The van der Waals surface area contributed by atoms with Gasteiger partial charge in [-0.3, -0.25) is 9.69 Å². The van der Waals surface area contributed by atoms with Gasteiger partial charge in [-0.05, 0) is 46.4 Å². The van der Waals surface area contributed by atoms with Crippen molar-refractivity contribution in [1.29, 1.82) is 0 Å². The van der Waals surface area contributed by atoms with Gasteiger partial charge in [0.2, 0.25) is 0 Å². The Morgan fingerprint density at radius 1 is 1.29 bits per heavy atom. The molecule has 10 heteroatoms. The zero-order valence-corrected chi connectivity index (χ0v) is 21.1. The van der Waals surface area contributed by atoms with Crippen molar-refractivity contribution >= 4 is 23.2 Å². The van der Waals surface area contributed by atoms with Crippen molar-refractivity contribution in [3.63, 3.8) is 0 Å². The van der Waals surface area contributed by atoms with E-state index in [1.54, 1.807) is 16.5 Å². The molecule has 4 aliphatic rings. The zero-order chi connectivity index (χ0) is 24.8. The van der Waals surface area contributed by atoms with E-state index in [0.717, 1.165) is 29.1 Å². The lowest BCUT2D eigenvalue weighted by atomic mass is 9.84. The lowest BCUT2D eigenvalue weighted by Gasteiger charge is -2.54. The van der Waals surface area contributed by atoms with E-state index in [2.05, 4.69) is 15.0 Å². The number of aryl methyl sites for hydroxylation is 2. The van der Waals surface area contributed by atoms with Crippen LogP contribution >= 0.6 is 11.6 Å². The predicted molar refractivity (Wildman–Crippen MR) is 127 cm³/mol. The van der Waals surface area contributed by atoms with Crippen LogP contribution in [-0.2, 0) is 17.8 Å². The predicted octanol–water partition coefficient (Wildman–Crippen LogP) is 3.53. The molecule has 3 aromatic rings. The summed E-state index contributed by atoms with van der Waals surface area (Å²) in [6.45, 7) is 6.47. The SMILES string of the molecule is COC1CC2N(C)C1[C@]2(C)Oc1cc(F)ccc1C(=O)N1Cc2nn3c(C)c(Cl)c(C)nc3c2C1. The molecule has 5 heterocycles. The Labute approximate surface area is 207 Å². The lowest BCUT2D eigenvalue weighted by Crippen LogP contribution is -2.72. The second-order valence-corrected chi connectivity index (χ2v) is 10.4. The highest BCUT2D eigenvalue weighted by atomic mass is 35.5. The Morgan fingerprint density at radius 3 is 2.77 bits per heavy atom. The van der Waals surface area contributed by atoms with Gasteiger partial charge in [-0.25, -0.2) is 13.9 Å². The second kappa shape index (κ2) is 7.62. The van der Waals surface area contributed by atoms with Gasteiger partial charge in [0, 0.05) is 18.7 Å². The first-order valence-electron chi connectivity index (χ1n) is 11.7. The van der Waals surface area contributed by atoms with E-state index in [1.807, 2.05) is 27.8 Å². The lowest BCUT2D eigenvalue weighted by molar-refractivity contribution is -0.138. The van der Waals surface area contributed by atoms with Crippen molar-refractivity contribution < 1.29 is 18.7 Å². The van der Waals surface area contributed by atoms with Crippen LogP contribution in [0.1, 0.15) is 46.3 Å². The van der Waals surface area contributed by atoms with Crippen molar-refractivity contribution in [2.45, 2.75) is 64.1 Å². The number of fused-ring (bicyclic) bond motifs is 4. The van der Waals surface area contributed by atoms with Crippen LogP contribution in [0.2, 0.25) is 5.02 Å². The van der Waals surface area contributed by atoms with Crippen molar-refractivity contribution in [2.24, 2.45) is 0 Å². The smallest absolute Gasteiger partial charge is 0.258 e. The molecule has 4 atom stereocenters. The van der Waals surface area contributed by atoms with Crippen LogP contribution in [0.5, 0.6) is 5.75 Å². The summed E-state index contributed by atoms with van der Waals surface area (Å²) >= 11 is 6.35. The average molecular weight is 500 g/mol. The number of nitrogens with zero attached hydrogens (tertiary/aromatic N) is 5. The maximum Gasteiger partial charge on any atom is 0.258 e. The molecular weight excluding hydrogens is 473 g/mol. The molecule has 2 bridgehead atoms. The monoisotopic (exact) mass is 499 g/mol. The van der Waals surface area contributed by atoms with Crippen LogP contribution in [0.3, 0.4) is 0 Å². The van der Waals surface area contributed by atoms with E-state index in [1.165, 1.54) is 18.2 Å². The van der Waals surface area contributed by atoms with E-state index in [0.29, 0.717) is 29.3 Å². The molecule has 35 heavy (non-hydrogen) atoms. The topological polar surface area (TPSA) is 72.2 Å². The number of aromatic nitrogens is 3. The van der Waals surface area contributed by atoms with Crippen LogP contribution in [-0.4, -0.2) is 68.3 Å². The minimum atomic E-state index is -0.563.